The molecule has 1 aliphatic heterocycles. The van der Waals surface area contributed by atoms with E-state index in [9.17, 15) is 0 Å². The van der Waals surface area contributed by atoms with E-state index in [2.05, 4.69) is 18.5 Å². The van der Waals surface area contributed by atoms with Crippen LogP contribution in [0.15, 0.2) is 25.3 Å². The Labute approximate surface area is 61.6 Å². The van der Waals surface area contributed by atoms with E-state index in [1.165, 1.54) is 0 Å². The van der Waals surface area contributed by atoms with Crippen LogP contribution in [0.1, 0.15) is 0 Å². The molecule has 2 atom stereocenters. The van der Waals surface area contributed by atoms with E-state index in [0.717, 1.165) is 13.1 Å². The van der Waals surface area contributed by atoms with Crippen molar-refractivity contribution in [3.8, 4) is 0 Å². The molecule has 0 aliphatic carbocycles. The molecule has 2 heteroatoms. The minimum atomic E-state index is 0.150. The summed E-state index contributed by atoms with van der Waals surface area (Å²) in [6.45, 7) is 9.05. The molecule has 1 N–H and O–H groups in total. The van der Waals surface area contributed by atoms with Crippen LogP contribution < -0.4 is 5.32 Å². The van der Waals surface area contributed by atoms with Crippen LogP contribution in [0.25, 0.3) is 0 Å². The third-order valence-electron chi connectivity index (χ3n) is 1.57. The van der Waals surface area contributed by atoms with Crippen molar-refractivity contribution in [1.82, 2.24) is 5.32 Å². The van der Waals surface area contributed by atoms with Crippen LogP contribution in [0.5, 0.6) is 0 Å². The number of ether oxygens (including phenoxy) is 1. The zero-order valence-corrected chi connectivity index (χ0v) is 6.05. The molecule has 0 saturated carbocycles. The van der Waals surface area contributed by atoms with E-state index in [0.29, 0.717) is 0 Å². The van der Waals surface area contributed by atoms with Crippen molar-refractivity contribution >= 4 is 0 Å². The van der Waals surface area contributed by atoms with E-state index in [-0.39, 0.29) is 12.2 Å². The molecule has 0 aromatic carbocycles. The first-order valence-corrected chi connectivity index (χ1v) is 3.48. The molecule has 1 rings (SSSR count). The third kappa shape index (κ3) is 1.69. The minimum absolute atomic E-state index is 0.150. The van der Waals surface area contributed by atoms with Crippen LogP contribution in [-0.2, 0) is 4.74 Å². The molecule has 0 spiro atoms. The fourth-order valence-corrected chi connectivity index (χ4v) is 0.966. The molecular formula is C8H13NO. The standard InChI is InChI=1S/C8H13NO/c1-3-7-5-9-6-8(4-2)10-7/h3-4,7-9H,1-2,5-6H2. The molecule has 1 fully saturated rings. The van der Waals surface area contributed by atoms with Gasteiger partial charge in [-0.15, -0.1) is 13.2 Å². The zero-order chi connectivity index (χ0) is 7.40. The number of hydrogen-bond acceptors (Lipinski definition) is 2. The predicted octanol–water partition coefficient (Wildman–Crippen LogP) is 0.715. The van der Waals surface area contributed by atoms with Crippen LogP contribution in [0.3, 0.4) is 0 Å². The minimum Gasteiger partial charge on any atom is -0.364 e. The van der Waals surface area contributed by atoms with Crippen molar-refractivity contribution in [1.29, 1.82) is 0 Å². The summed E-state index contributed by atoms with van der Waals surface area (Å²) in [6, 6.07) is 0. The normalized spacial score (nSPS) is 33.2. The molecule has 1 aliphatic rings. The van der Waals surface area contributed by atoms with Gasteiger partial charge < -0.3 is 10.1 Å². The fraction of sp³-hybridized carbons (Fsp3) is 0.500. The Balaban J connectivity index is 2.38. The van der Waals surface area contributed by atoms with Crippen LogP contribution in [0.2, 0.25) is 0 Å². The summed E-state index contributed by atoms with van der Waals surface area (Å²) in [6.07, 6.45) is 3.92. The quantitative estimate of drug-likeness (QED) is 0.569. The maximum Gasteiger partial charge on any atom is 0.0886 e. The Kier molecular flexibility index (Phi) is 2.66. The molecule has 2 nitrogen and oxygen atoms in total. The van der Waals surface area contributed by atoms with Crippen LogP contribution in [0, 0.1) is 0 Å². The predicted molar refractivity (Wildman–Crippen MR) is 41.9 cm³/mol. The smallest absolute Gasteiger partial charge is 0.0886 e. The highest BCUT2D eigenvalue weighted by Crippen LogP contribution is 2.04. The van der Waals surface area contributed by atoms with E-state index in [1.54, 1.807) is 0 Å². The van der Waals surface area contributed by atoms with Gasteiger partial charge in [0.2, 0.25) is 0 Å². The summed E-state index contributed by atoms with van der Waals surface area (Å²) in [5.74, 6) is 0. The molecule has 0 aromatic rings. The maximum absolute atomic E-state index is 5.49. The van der Waals surface area contributed by atoms with Crippen molar-refractivity contribution in [2.45, 2.75) is 12.2 Å². The Bertz CT molecular complexity index is 119. The molecule has 1 saturated heterocycles. The molecule has 56 valence electrons. The lowest BCUT2D eigenvalue weighted by atomic mass is 10.2. The van der Waals surface area contributed by atoms with E-state index in [4.69, 9.17) is 4.74 Å². The van der Waals surface area contributed by atoms with E-state index >= 15 is 0 Å². The number of nitrogens with one attached hydrogen (secondary N) is 1. The lowest BCUT2D eigenvalue weighted by Crippen LogP contribution is -2.42. The molecule has 0 bridgehead atoms. The third-order valence-corrected chi connectivity index (χ3v) is 1.57. The molecule has 0 aromatic heterocycles. The Morgan fingerprint density at radius 1 is 1.20 bits per heavy atom. The average molecular weight is 139 g/mol. The van der Waals surface area contributed by atoms with Gasteiger partial charge in [0.1, 0.15) is 0 Å². The lowest BCUT2D eigenvalue weighted by molar-refractivity contribution is 0.0150. The van der Waals surface area contributed by atoms with Crippen LogP contribution in [0.4, 0.5) is 0 Å². The first-order valence-electron chi connectivity index (χ1n) is 3.48. The summed E-state index contributed by atoms with van der Waals surface area (Å²) < 4.78 is 5.49. The number of morpholine rings is 1. The first-order chi connectivity index (χ1) is 4.86. The monoisotopic (exact) mass is 139 g/mol. The molecule has 2 unspecified atom stereocenters. The number of hydrogen-bond donors (Lipinski definition) is 1. The van der Waals surface area contributed by atoms with Gasteiger partial charge in [0.25, 0.3) is 0 Å². The Hall–Kier alpha value is -0.600. The largest absolute Gasteiger partial charge is 0.364 e. The fourth-order valence-electron chi connectivity index (χ4n) is 0.966. The summed E-state index contributed by atoms with van der Waals surface area (Å²) in [5, 5.41) is 3.22. The van der Waals surface area contributed by atoms with Crippen molar-refractivity contribution in [2.24, 2.45) is 0 Å². The van der Waals surface area contributed by atoms with Crippen molar-refractivity contribution in [2.75, 3.05) is 13.1 Å². The van der Waals surface area contributed by atoms with E-state index < -0.39 is 0 Å². The zero-order valence-electron chi connectivity index (χ0n) is 6.05. The highest BCUT2D eigenvalue weighted by molar-refractivity contribution is 4.92. The van der Waals surface area contributed by atoms with Crippen molar-refractivity contribution in [3.05, 3.63) is 25.3 Å². The Morgan fingerprint density at radius 3 is 2.10 bits per heavy atom. The summed E-state index contributed by atoms with van der Waals surface area (Å²) in [7, 11) is 0. The van der Waals surface area contributed by atoms with Gasteiger partial charge >= 0.3 is 0 Å². The van der Waals surface area contributed by atoms with Crippen LogP contribution in [-0.4, -0.2) is 25.3 Å². The molecule has 0 amide bonds. The molecule has 1 heterocycles. The van der Waals surface area contributed by atoms with Gasteiger partial charge in [0, 0.05) is 13.1 Å². The van der Waals surface area contributed by atoms with Crippen LogP contribution >= 0.6 is 0 Å². The van der Waals surface area contributed by atoms with E-state index in [1.807, 2.05) is 12.2 Å². The maximum atomic E-state index is 5.49. The molecule has 10 heavy (non-hydrogen) atoms. The second-order valence-corrected chi connectivity index (χ2v) is 2.34. The second-order valence-electron chi connectivity index (χ2n) is 2.34. The Morgan fingerprint density at radius 2 is 1.70 bits per heavy atom. The lowest BCUT2D eigenvalue weighted by Gasteiger charge is -2.26. The molecular weight excluding hydrogens is 126 g/mol. The van der Waals surface area contributed by atoms with Gasteiger partial charge in [-0.25, -0.2) is 0 Å². The first kappa shape index (κ1) is 7.51. The highest BCUT2D eigenvalue weighted by atomic mass is 16.5. The topological polar surface area (TPSA) is 21.3 Å². The van der Waals surface area contributed by atoms with Gasteiger partial charge in [-0.3, -0.25) is 0 Å². The van der Waals surface area contributed by atoms with Gasteiger partial charge in [0.05, 0.1) is 12.2 Å². The van der Waals surface area contributed by atoms with Gasteiger partial charge in [-0.2, -0.15) is 0 Å². The summed E-state index contributed by atoms with van der Waals surface area (Å²) in [5.41, 5.74) is 0. The average Bonchev–Trinajstić information content (AvgIpc) is 2.05. The van der Waals surface area contributed by atoms with Crippen molar-refractivity contribution < 1.29 is 4.74 Å². The second kappa shape index (κ2) is 3.54. The van der Waals surface area contributed by atoms with Gasteiger partial charge in [-0.05, 0) is 0 Å². The highest BCUT2D eigenvalue weighted by Gasteiger charge is 2.15. The number of rotatable bonds is 2. The van der Waals surface area contributed by atoms with Crippen molar-refractivity contribution in [3.63, 3.8) is 0 Å². The summed E-state index contributed by atoms with van der Waals surface area (Å²) in [4.78, 5) is 0. The summed E-state index contributed by atoms with van der Waals surface area (Å²) >= 11 is 0. The van der Waals surface area contributed by atoms with Gasteiger partial charge in [0.15, 0.2) is 0 Å². The van der Waals surface area contributed by atoms with Gasteiger partial charge in [-0.1, -0.05) is 12.2 Å². The SMILES string of the molecule is C=CC1CNCC(C=C)O1. The molecule has 0 radical (unpaired) electrons.